The molecule has 2 heterocycles. The van der Waals surface area contributed by atoms with Gasteiger partial charge >= 0.3 is 0 Å². The van der Waals surface area contributed by atoms with Crippen molar-refractivity contribution >= 4 is 21.6 Å². The van der Waals surface area contributed by atoms with Crippen molar-refractivity contribution in [1.82, 2.24) is 4.90 Å². The molecule has 108 valence electrons. The van der Waals surface area contributed by atoms with Gasteiger partial charge in [-0.25, -0.2) is 8.42 Å². The van der Waals surface area contributed by atoms with Gasteiger partial charge < -0.3 is 10.2 Å². The Bertz CT molecular complexity index is 487. The van der Waals surface area contributed by atoms with Crippen LogP contribution in [0.4, 0.5) is 0 Å². The van der Waals surface area contributed by atoms with Gasteiger partial charge in [-0.1, -0.05) is 6.92 Å². The first-order valence-corrected chi connectivity index (χ1v) is 9.25. The van der Waals surface area contributed by atoms with Gasteiger partial charge in [-0.3, -0.25) is 4.90 Å². The third kappa shape index (κ3) is 3.16. The molecule has 19 heavy (non-hydrogen) atoms. The van der Waals surface area contributed by atoms with E-state index in [0.29, 0.717) is 12.3 Å². The lowest BCUT2D eigenvalue weighted by Crippen LogP contribution is -2.50. The van der Waals surface area contributed by atoms with Crippen LogP contribution in [0.25, 0.3) is 0 Å². The SMILES string of the molecule is CCS(=O)(=O)C1CSCCN1C(CN)c1ccco1. The van der Waals surface area contributed by atoms with E-state index < -0.39 is 15.2 Å². The van der Waals surface area contributed by atoms with Gasteiger partial charge in [0.25, 0.3) is 0 Å². The van der Waals surface area contributed by atoms with Gasteiger partial charge in [-0.15, -0.1) is 0 Å². The number of sulfone groups is 1. The average molecular weight is 304 g/mol. The van der Waals surface area contributed by atoms with Crippen molar-refractivity contribution in [3.05, 3.63) is 24.2 Å². The number of hydrogen-bond acceptors (Lipinski definition) is 6. The van der Waals surface area contributed by atoms with E-state index in [1.165, 1.54) is 0 Å². The first kappa shape index (κ1) is 14.9. The zero-order valence-corrected chi connectivity index (χ0v) is 12.6. The van der Waals surface area contributed by atoms with Gasteiger partial charge in [0.05, 0.1) is 12.3 Å². The molecule has 0 aromatic carbocycles. The number of thioether (sulfide) groups is 1. The maximum absolute atomic E-state index is 12.2. The lowest BCUT2D eigenvalue weighted by Gasteiger charge is -2.38. The molecule has 0 spiro atoms. The van der Waals surface area contributed by atoms with E-state index in [0.717, 1.165) is 18.1 Å². The van der Waals surface area contributed by atoms with Crippen molar-refractivity contribution in [3.8, 4) is 0 Å². The zero-order valence-electron chi connectivity index (χ0n) is 11.0. The maximum atomic E-state index is 12.2. The molecule has 1 fully saturated rings. The van der Waals surface area contributed by atoms with Crippen molar-refractivity contribution in [2.45, 2.75) is 18.3 Å². The van der Waals surface area contributed by atoms with Gasteiger partial charge in [-0.05, 0) is 12.1 Å². The van der Waals surface area contributed by atoms with E-state index >= 15 is 0 Å². The molecule has 2 N–H and O–H groups in total. The molecule has 2 atom stereocenters. The Morgan fingerprint density at radius 1 is 1.63 bits per heavy atom. The second-order valence-corrected chi connectivity index (χ2v) is 8.08. The minimum atomic E-state index is -3.11. The number of furan rings is 1. The first-order chi connectivity index (χ1) is 9.10. The molecule has 0 bridgehead atoms. The predicted octanol–water partition coefficient (Wildman–Crippen LogP) is 1.09. The first-order valence-electron chi connectivity index (χ1n) is 6.38. The Morgan fingerprint density at radius 3 is 3.00 bits per heavy atom. The predicted molar refractivity (Wildman–Crippen MR) is 77.8 cm³/mol. The Labute approximate surface area is 118 Å². The second-order valence-electron chi connectivity index (χ2n) is 4.49. The highest BCUT2D eigenvalue weighted by atomic mass is 32.2. The van der Waals surface area contributed by atoms with Gasteiger partial charge in [0.1, 0.15) is 11.1 Å². The van der Waals surface area contributed by atoms with Crippen molar-refractivity contribution in [2.24, 2.45) is 5.73 Å². The number of rotatable bonds is 5. The third-order valence-electron chi connectivity index (χ3n) is 3.44. The van der Waals surface area contributed by atoms with E-state index in [1.807, 2.05) is 11.0 Å². The fourth-order valence-electron chi connectivity index (χ4n) is 2.35. The van der Waals surface area contributed by atoms with Crippen LogP contribution in [0, 0.1) is 0 Å². The fourth-order valence-corrected chi connectivity index (χ4v) is 5.42. The summed E-state index contributed by atoms with van der Waals surface area (Å²) in [5.41, 5.74) is 5.84. The molecule has 0 radical (unpaired) electrons. The highest BCUT2D eigenvalue weighted by molar-refractivity contribution is 8.01. The molecule has 2 rings (SSSR count). The van der Waals surface area contributed by atoms with E-state index in [-0.39, 0.29) is 11.8 Å². The van der Waals surface area contributed by atoms with Crippen LogP contribution in [0.5, 0.6) is 0 Å². The molecule has 1 aliphatic rings. The summed E-state index contributed by atoms with van der Waals surface area (Å²) in [6, 6.07) is 3.50. The van der Waals surface area contributed by atoms with E-state index in [1.54, 1.807) is 31.0 Å². The van der Waals surface area contributed by atoms with Gasteiger partial charge in [0.2, 0.25) is 0 Å². The van der Waals surface area contributed by atoms with E-state index in [2.05, 4.69) is 0 Å². The minimum Gasteiger partial charge on any atom is -0.468 e. The number of nitrogens with zero attached hydrogens (tertiary/aromatic N) is 1. The summed E-state index contributed by atoms with van der Waals surface area (Å²) in [4.78, 5) is 1.98. The summed E-state index contributed by atoms with van der Waals surface area (Å²) in [6.45, 7) is 2.77. The summed E-state index contributed by atoms with van der Waals surface area (Å²) < 4.78 is 29.9. The summed E-state index contributed by atoms with van der Waals surface area (Å²) in [6.07, 6.45) is 1.60. The topological polar surface area (TPSA) is 76.5 Å². The maximum Gasteiger partial charge on any atom is 0.166 e. The molecule has 1 saturated heterocycles. The van der Waals surface area contributed by atoms with Crippen LogP contribution in [0.1, 0.15) is 18.7 Å². The Balaban J connectivity index is 2.28. The van der Waals surface area contributed by atoms with Crippen molar-refractivity contribution in [3.63, 3.8) is 0 Å². The zero-order chi connectivity index (χ0) is 13.9. The summed E-state index contributed by atoms with van der Waals surface area (Å²) in [5.74, 6) is 2.43. The van der Waals surface area contributed by atoms with Gasteiger partial charge in [-0.2, -0.15) is 11.8 Å². The van der Waals surface area contributed by atoms with Crippen molar-refractivity contribution in [2.75, 3.05) is 30.3 Å². The summed E-state index contributed by atoms with van der Waals surface area (Å²) in [5, 5.41) is -0.463. The van der Waals surface area contributed by atoms with Crippen LogP contribution < -0.4 is 5.73 Å². The van der Waals surface area contributed by atoms with E-state index in [9.17, 15) is 8.42 Å². The quantitative estimate of drug-likeness (QED) is 0.877. The standard InChI is InChI=1S/C12H20N2O3S2/c1-2-19(15,16)12-9-18-7-5-14(12)10(8-13)11-4-3-6-17-11/h3-4,6,10,12H,2,5,7-9,13H2,1H3. The van der Waals surface area contributed by atoms with Crippen LogP contribution in [0.3, 0.4) is 0 Å². The normalized spacial score (nSPS) is 23.4. The monoisotopic (exact) mass is 304 g/mol. The molecular formula is C12H20N2O3S2. The molecule has 0 saturated carbocycles. The van der Waals surface area contributed by atoms with Gasteiger partial charge in [0.15, 0.2) is 9.84 Å². The van der Waals surface area contributed by atoms with E-state index in [4.69, 9.17) is 10.2 Å². The lowest BCUT2D eigenvalue weighted by molar-refractivity contribution is 0.175. The molecular weight excluding hydrogens is 284 g/mol. The number of nitrogens with two attached hydrogens (primary N) is 1. The molecule has 5 nitrogen and oxygen atoms in total. The van der Waals surface area contributed by atoms with Crippen LogP contribution in [-0.2, 0) is 9.84 Å². The van der Waals surface area contributed by atoms with Crippen LogP contribution in [-0.4, -0.2) is 49.0 Å². The molecule has 7 heteroatoms. The highest BCUT2D eigenvalue weighted by Crippen LogP contribution is 2.30. The van der Waals surface area contributed by atoms with Crippen molar-refractivity contribution in [1.29, 1.82) is 0 Å². The largest absolute Gasteiger partial charge is 0.468 e. The van der Waals surface area contributed by atoms with Crippen molar-refractivity contribution < 1.29 is 12.8 Å². The number of hydrogen-bond donors (Lipinski definition) is 1. The van der Waals surface area contributed by atoms with Crippen LogP contribution in [0.15, 0.2) is 22.8 Å². The fraction of sp³-hybridized carbons (Fsp3) is 0.667. The highest BCUT2D eigenvalue weighted by Gasteiger charge is 2.37. The third-order valence-corrected chi connectivity index (χ3v) is 6.74. The summed E-state index contributed by atoms with van der Waals surface area (Å²) >= 11 is 1.68. The van der Waals surface area contributed by atoms with Crippen LogP contribution >= 0.6 is 11.8 Å². The Morgan fingerprint density at radius 2 is 2.42 bits per heavy atom. The smallest absolute Gasteiger partial charge is 0.166 e. The summed E-state index contributed by atoms with van der Waals surface area (Å²) in [7, 11) is -3.11. The second kappa shape index (κ2) is 6.30. The van der Waals surface area contributed by atoms with Crippen LogP contribution in [0.2, 0.25) is 0 Å². The average Bonchev–Trinajstić information content (AvgIpc) is 2.94. The molecule has 0 aliphatic carbocycles. The molecule has 0 amide bonds. The molecule has 1 aromatic rings. The minimum absolute atomic E-state index is 0.157. The van der Waals surface area contributed by atoms with Gasteiger partial charge in [0, 0.05) is 30.3 Å². The Hall–Kier alpha value is -0.500. The molecule has 1 aliphatic heterocycles. The lowest BCUT2D eigenvalue weighted by atomic mass is 10.2. The molecule has 1 aromatic heterocycles. The molecule has 2 unspecified atom stereocenters. The Kier molecular flexibility index (Phi) is 4.94.